The van der Waals surface area contributed by atoms with Crippen LogP contribution in [0, 0.1) is 13.8 Å². The second-order valence-corrected chi connectivity index (χ2v) is 7.88. The number of alkyl halides is 1. The zero-order valence-electron chi connectivity index (χ0n) is 18.3. The molecule has 9 nitrogen and oxygen atoms in total. The minimum absolute atomic E-state index is 0.350. The fourth-order valence-corrected chi connectivity index (χ4v) is 3.67. The fourth-order valence-electron chi connectivity index (χ4n) is 3.67. The lowest BCUT2D eigenvalue weighted by atomic mass is 10.1. The first-order valence-corrected chi connectivity index (χ1v) is 10.7. The summed E-state index contributed by atoms with van der Waals surface area (Å²) < 4.78 is 21.1. The number of hydrogen-bond donors (Lipinski definition) is 0. The van der Waals surface area contributed by atoms with E-state index in [1.165, 1.54) is 0 Å². The highest BCUT2D eigenvalue weighted by molar-refractivity contribution is 5.84. The Bertz CT molecular complexity index is 1010. The zero-order valence-corrected chi connectivity index (χ0v) is 18.3. The van der Waals surface area contributed by atoms with Crippen LogP contribution >= 0.6 is 0 Å². The second kappa shape index (κ2) is 9.51. The van der Waals surface area contributed by atoms with Crippen molar-refractivity contribution in [2.24, 2.45) is 7.05 Å². The predicted octanol–water partition coefficient (Wildman–Crippen LogP) is 2.23. The van der Waals surface area contributed by atoms with Gasteiger partial charge in [-0.05, 0) is 32.8 Å². The van der Waals surface area contributed by atoms with Crippen molar-refractivity contribution in [1.29, 1.82) is 0 Å². The van der Waals surface area contributed by atoms with Gasteiger partial charge in [-0.25, -0.2) is 14.4 Å². The molecule has 2 fully saturated rings. The summed E-state index contributed by atoms with van der Waals surface area (Å²) in [4.78, 5) is 22.8. The monoisotopic (exact) mass is 428 g/mol. The molecule has 0 aliphatic carbocycles. The van der Waals surface area contributed by atoms with Gasteiger partial charge in [0.05, 0.1) is 31.1 Å². The third kappa shape index (κ3) is 5.07. The molecule has 2 saturated heterocycles. The average molecular weight is 429 g/mol. The standard InChI is InChI=1S/C17H23FN6O.C4H6N2/c1-11-12(2)20-15-14(19-11)16(24-5-3-4-13(18)10-24)22-17(21-15)23-6-8-25-9-7-23;1-6-4-2-3-5-6/h13H,3-10H2,1-2H3;2-4H,1H3/t13-;/m1./s1. The molecule has 166 valence electrons. The molecule has 0 unspecified atom stereocenters. The first-order valence-electron chi connectivity index (χ1n) is 10.7. The van der Waals surface area contributed by atoms with Gasteiger partial charge in [0.2, 0.25) is 5.95 Å². The lowest BCUT2D eigenvalue weighted by Gasteiger charge is -2.32. The van der Waals surface area contributed by atoms with E-state index in [1.54, 1.807) is 10.9 Å². The highest BCUT2D eigenvalue weighted by atomic mass is 19.1. The Labute approximate surface area is 181 Å². The SMILES string of the molecule is Cc1nc2nc(N3CCOCC3)nc(N3CCC[C@@H](F)C3)c2nc1C.Cn1cccn1. The van der Waals surface area contributed by atoms with Crippen LogP contribution in [-0.2, 0) is 11.8 Å². The van der Waals surface area contributed by atoms with Crippen LogP contribution in [0.15, 0.2) is 18.5 Å². The Morgan fingerprint density at radius 1 is 1.00 bits per heavy atom. The summed E-state index contributed by atoms with van der Waals surface area (Å²) in [6.07, 6.45) is 4.24. The minimum Gasteiger partial charge on any atom is -0.378 e. The highest BCUT2D eigenvalue weighted by Crippen LogP contribution is 2.28. The van der Waals surface area contributed by atoms with Gasteiger partial charge in [0.1, 0.15) is 6.17 Å². The number of morpholine rings is 1. The molecule has 3 aromatic heterocycles. The molecule has 31 heavy (non-hydrogen) atoms. The molecule has 0 bridgehead atoms. The van der Waals surface area contributed by atoms with Crippen molar-refractivity contribution in [3.63, 3.8) is 0 Å². The molecule has 3 aromatic rings. The van der Waals surface area contributed by atoms with Crippen molar-refractivity contribution in [1.82, 2.24) is 29.7 Å². The van der Waals surface area contributed by atoms with Crippen LogP contribution < -0.4 is 9.80 Å². The lowest BCUT2D eigenvalue weighted by molar-refractivity contribution is 0.122. The van der Waals surface area contributed by atoms with Gasteiger partial charge in [0.25, 0.3) is 0 Å². The number of piperidine rings is 1. The van der Waals surface area contributed by atoms with E-state index in [4.69, 9.17) is 9.72 Å². The zero-order chi connectivity index (χ0) is 21.8. The number of halogens is 1. The van der Waals surface area contributed by atoms with Crippen LogP contribution in [0.1, 0.15) is 24.2 Å². The van der Waals surface area contributed by atoms with Crippen molar-refractivity contribution in [3.05, 3.63) is 29.8 Å². The van der Waals surface area contributed by atoms with Gasteiger partial charge in [0, 0.05) is 39.1 Å². The van der Waals surface area contributed by atoms with E-state index in [9.17, 15) is 4.39 Å². The van der Waals surface area contributed by atoms with Gasteiger partial charge < -0.3 is 14.5 Å². The van der Waals surface area contributed by atoms with Crippen LogP contribution in [0.25, 0.3) is 11.2 Å². The lowest BCUT2D eigenvalue weighted by Crippen LogP contribution is -2.39. The minimum atomic E-state index is -0.829. The number of fused-ring (bicyclic) bond motifs is 1. The molecular weight excluding hydrogens is 399 g/mol. The largest absolute Gasteiger partial charge is 0.378 e. The molecule has 5 rings (SSSR count). The average Bonchev–Trinajstić information content (AvgIpc) is 3.26. The number of rotatable bonds is 2. The Hall–Kier alpha value is -2.88. The van der Waals surface area contributed by atoms with E-state index in [0.717, 1.165) is 37.4 Å². The maximum atomic E-state index is 14.0. The van der Waals surface area contributed by atoms with Crippen LogP contribution in [0.3, 0.4) is 0 Å². The highest BCUT2D eigenvalue weighted by Gasteiger charge is 2.25. The van der Waals surface area contributed by atoms with Crippen molar-refractivity contribution < 1.29 is 9.13 Å². The Morgan fingerprint density at radius 3 is 2.42 bits per heavy atom. The van der Waals surface area contributed by atoms with E-state index in [2.05, 4.69) is 25.0 Å². The molecular formula is C21H29FN8O. The summed E-state index contributed by atoms with van der Waals surface area (Å²) in [5.41, 5.74) is 2.95. The van der Waals surface area contributed by atoms with Crippen molar-refractivity contribution in [2.75, 3.05) is 49.2 Å². The van der Waals surface area contributed by atoms with E-state index in [0.29, 0.717) is 49.1 Å². The smallest absolute Gasteiger partial charge is 0.229 e. The summed E-state index contributed by atoms with van der Waals surface area (Å²) in [6.45, 7) is 7.79. The van der Waals surface area contributed by atoms with Gasteiger partial charge in [-0.3, -0.25) is 4.68 Å². The molecule has 2 aliphatic heterocycles. The molecule has 5 heterocycles. The van der Waals surface area contributed by atoms with Crippen LogP contribution in [0.2, 0.25) is 0 Å². The Balaban J connectivity index is 0.000000334. The van der Waals surface area contributed by atoms with E-state index < -0.39 is 6.17 Å². The number of hydrogen-bond acceptors (Lipinski definition) is 8. The molecule has 0 amide bonds. The molecule has 0 aromatic carbocycles. The summed E-state index contributed by atoms with van der Waals surface area (Å²) in [6, 6.07) is 1.89. The molecule has 0 saturated carbocycles. The first-order chi connectivity index (χ1) is 15.0. The second-order valence-electron chi connectivity index (χ2n) is 7.88. The van der Waals surface area contributed by atoms with Gasteiger partial charge in [0.15, 0.2) is 17.0 Å². The third-order valence-electron chi connectivity index (χ3n) is 5.51. The number of anilines is 2. The molecule has 2 aliphatic rings. The number of nitrogens with zero attached hydrogens (tertiary/aromatic N) is 8. The molecule has 0 radical (unpaired) electrons. The maximum absolute atomic E-state index is 14.0. The fraction of sp³-hybridized carbons (Fsp3) is 0.571. The number of aromatic nitrogens is 6. The van der Waals surface area contributed by atoms with Crippen LogP contribution in [-0.4, -0.2) is 75.3 Å². The van der Waals surface area contributed by atoms with Gasteiger partial charge in [-0.15, -0.1) is 0 Å². The van der Waals surface area contributed by atoms with Crippen molar-refractivity contribution in [3.8, 4) is 0 Å². The quantitative estimate of drug-likeness (QED) is 0.614. The number of ether oxygens (including phenoxy) is 1. The van der Waals surface area contributed by atoms with E-state index in [-0.39, 0.29) is 0 Å². The molecule has 10 heteroatoms. The predicted molar refractivity (Wildman–Crippen MR) is 117 cm³/mol. The summed E-state index contributed by atoms with van der Waals surface area (Å²) in [5.74, 6) is 1.33. The van der Waals surface area contributed by atoms with E-state index >= 15 is 0 Å². The maximum Gasteiger partial charge on any atom is 0.229 e. The summed E-state index contributed by atoms with van der Waals surface area (Å²) in [7, 11) is 1.89. The van der Waals surface area contributed by atoms with Crippen LogP contribution in [0.5, 0.6) is 0 Å². The van der Waals surface area contributed by atoms with E-state index in [1.807, 2.05) is 38.1 Å². The van der Waals surface area contributed by atoms with Crippen molar-refractivity contribution >= 4 is 22.9 Å². The summed E-state index contributed by atoms with van der Waals surface area (Å²) >= 11 is 0. The third-order valence-corrected chi connectivity index (χ3v) is 5.51. The summed E-state index contributed by atoms with van der Waals surface area (Å²) in [5, 5.41) is 3.83. The van der Waals surface area contributed by atoms with Crippen molar-refractivity contribution in [2.45, 2.75) is 32.9 Å². The van der Waals surface area contributed by atoms with Gasteiger partial charge in [-0.2, -0.15) is 15.1 Å². The molecule has 0 spiro atoms. The Kier molecular flexibility index (Phi) is 6.55. The molecule has 0 N–H and O–H groups in total. The van der Waals surface area contributed by atoms with Crippen LogP contribution in [0.4, 0.5) is 16.2 Å². The van der Waals surface area contributed by atoms with Gasteiger partial charge >= 0.3 is 0 Å². The van der Waals surface area contributed by atoms with Gasteiger partial charge in [-0.1, -0.05) is 0 Å². The normalized spacial score (nSPS) is 19.3. The Morgan fingerprint density at radius 2 is 1.77 bits per heavy atom. The topological polar surface area (TPSA) is 85.1 Å². The first kappa shape index (κ1) is 21.4. The molecule has 1 atom stereocenters. The number of aryl methyl sites for hydroxylation is 3.